The predicted molar refractivity (Wildman–Crippen MR) is 92.6 cm³/mol. The Bertz CT molecular complexity index is 782. The highest BCUT2D eigenvalue weighted by atomic mass is 16.5. The molecule has 0 amide bonds. The van der Waals surface area contributed by atoms with Gasteiger partial charge in [-0.05, 0) is 24.3 Å². The Morgan fingerprint density at radius 2 is 2.09 bits per heavy atom. The van der Waals surface area contributed by atoms with Crippen LogP contribution >= 0.6 is 0 Å². The summed E-state index contributed by atoms with van der Waals surface area (Å²) in [5, 5.41) is 0. The van der Waals surface area contributed by atoms with Gasteiger partial charge in [-0.15, -0.1) is 0 Å². The van der Waals surface area contributed by atoms with Crippen molar-refractivity contribution >= 4 is 17.1 Å². The van der Waals surface area contributed by atoms with Crippen molar-refractivity contribution in [2.45, 2.75) is 6.54 Å². The molecule has 1 aliphatic heterocycles. The van der Waals surface area contributed by atoms with Crippen molar-refractivity contribution in [3.8, 4) is 11.5 Å². The van der Waals surface area contributed by atoms with Crippen LogP contribution in [-0.4, -0.2) is 19.4 Å². The normalized spacial score (nSPS) is 14.3. The lowest BCUT2D eigenvalue weighted by Crippen LogP contribution is -2.10. The third kappa shape index (κ3) is 3.29. The van der Waals surface area contributed by atoms with E-state index in [1.807, 2.05) is 48.5 Å². The van der Waals surface area contributed by atoms with Gasteiger partial charge in [0.05, 0.1) is 19.4 Å². The molecule has 0 saturated heterocycles. The number of hydrogen-bond donors (Lipinski definition) is 2. The maximum atomic E-state index is 6.21. The number of aliphatic imine (C=N–C) groups is 1. The minimum atomic E-state index is 0.353. The third-order valence-corrected chi connectivity index (χ3v) is 3.66. The summed E-state index contributed by atoms with van der Waals surface area (Å²) in [6, 6.07) is 13.2. The Morgan fingerprint density at radius 3 is 2.91 bits per heavy atom. The zero-order chi connectivity index (χ0) is 16.2. The van der Waals surface area contributed by atoms with Gasteiger partial charge in [0.25, 0.3) is 0 Å². The Labute approximate surface area is 135 Å². The van der Waals surface area contributed by atoms with Crippen molar-refractivity contribution < 1.29 is 9.47 Å². The van der Waals surface area contributed by atoms with E-state index < -0.39 is 0 Å². The second-order valence-electron chi connectivity index (χ2n) is 5.26. The number of para-hydroxylation sites is 1. The summed E-state index contributed by atoms with van der Waals surface area (Å²) < 4.78 is 11.1. The number of hydrogen-bond acceptors (Lipinski definition) is 5. The molecule has 0 bridgehead atoms. The van der Waals surface area contributed by atoms with E-state index in [2.05, 4.69) is 4.99 Å². The highest BCUT2D eigenvalue weighted by Gasteiger charge is 2.12. The van der Waals surface area contributed by atoms with Gasteiger partial charge in [0.15, 0.2) is 0 Å². The van der Waals surface area contributed by atoms with Crippen LogP contribution in [0.5, 0.6) is 11.5 Å². The molecule has 2 aromatic carbocycles. The van der Waals surface area contributed by atoms with Gasteiger partial charge >= 0.3 is 0 Å². The van der Waals surface area contributed by atoms with Crippen molar-refractivity contribution in [1.82, 2.24) is 0 Å². The van der Waals surface area contributed by atoms with Crippen LogP contribution < -0.4 is 20.9 Å². The van der Waals surface area contributed by atoms with E-state index in [0.29, 0.717) is 24.5 Å². The van der Waals surface area contributed by atoms with Crippen LogP contribution in [0.4, 0.5) is 5.69 Å². The first kappa shape index (κ1) is 15.0. The summed E-state index contributed by atoms with van der Waals surface area (Å²) >= 11 is 0. The Kier molecular flexibility index (Phi) is 4.19. The fourth-order valence-electron chi connectivity index (χ4n) is 2.45. The summed E-state index contributed by atoms with van der Waals surface area (Å²) in [6.45, 7) is 0.896. The molecular weight excluding hydrogens is 290 g/mol. The summed E-state index contributed by atoms with van der Waals surface area (Å²) in [5.74, 6) is 1.50. The topological polar surface area (TPSA) is 82.9 Å². The zero-order valence-electron chi connectivity index (χ0n) is 13.0. The van der Waals surface area contributed by atoms with E-state index >= 15 is 0 Å². The molecule has 0 atom stereocenters. The summed E-state index contributed by atoms with van der Waals surface area (Å²) in [5.41, 5.74) is 15.9. The molecule has 118 valence electrons. The monoisotopic (exact) mass is 309 g/mol. The zero-order valence-corrected chi connectivity index (χ0v) is 13.0. The average molecular weight is 309 g/mol. The lowest BCUT2D eigenvalue weighted by molar-refractivity contribution is 0.377. The quantitative estimate of drug-likeness (QED) is 0.854. The minimum absolute atomic E-state index is 0.353. The van der Waals surface area contributed by atoms with E-state index in [1.54, 1.807) is 7.11 Å². The van der Waals surface area contributed by atoms with Crippen LogP contribution in [0.1, 0.15) is 11.1 Å². The molecule has 5 nitrogen and oxygen atoms in total. The molecule has 0 aromatic heterocycles. The Balaban J connectivity index is 1.85. The van der Waals surface area contributed by atoms with Gasteiger partial charge in [0, 0.05) is 28.6 Å². The fourth-order valence-corrected chi connectivity index (χ4v) is 2.45. The van der Waals surface area contributed by atoms with E-state index in [1.165, 1.54) is 0 Å². The summed E-state index contributed by atoms with van der Waals surface area (Å²) in [6.07, 6.45) is 1.83. The number of ether oxygens (including phenoxy) is 2. The van der Waals surface area contributed by atoms with Gasteiger partial charge in [0.1, 0.15) is 18.1 Å². The van der Waals surface area contributed by atoms with Crippen molar-refractivity contribution in [3.63, 3.8) is 0 Å². The lowest BCUT2D eigenvalue weighted by atomic mass is 10.1. The number of benzene rings is 2. The molecule has 23 heavy (non-hydrogen) atoms. The van der Waals surface area contributed by atoms with Crippen LogP contribution in [0.3, 0.4) is 0 Å². The number of nitrogen functional groups attached to an aromatic ring is 1. The molecule has 4 N–H and O–H groups in total. The second-order valence-corrected chi connectivity index (χ2v) is 5.26. The second kappa shape index (κ2) is 6.44. The molecule has 0 unspecified atom stereocenters. The first-order valence-electron chi connectivity index (χ1n) is 7.32. The lowest BCUT2D eigenvalue weighted by Gasteiger charge is -2.09. The van der Waals surface area contributed by atoms with Gasteiger partial charge in [0.2, 0.25) is 0 Å². The number of rotatable bonds is 3. The van der Waals surface area contributed by atoms with E-state index in [0.717, 1.165) is 28.3 Å². The average Bonchev–Trinajstić information content (AvgIpc) is 2.77. The van der Waals surface area contributed by atoms with Gasteiger partial charge in [-0.25, -0.2) is 0 Å². The van der Waals surface area contributed by atoms with E-state index in [-0.39, 0.29) is 0 Å². The Hall–Kier alpha value is -2.95. The molecule has 0 fully saturated rings. The number of nitrogens with zero attached hydrogens (tertiary/aromatic N) is 1. The molecular formula is C18H19N3O2. The minimum Gasteiger partial charge on any atom is -0.496 e. The SMILES string of the molecule is COc1ccccc1C(N)=CC1=NCc2ccc(N)cc2OC1. The highest BCUT2D eigenvalue weighted by molar-refractivity contribution is 6.02. The van der Waals surface area contributed by atoms with Gasteiger partial charge in [-0.3, -0.25) is 4.99 Å². The van der Waals surface area contributed by atoms with Crippen molar-refractivity contribution in [3.05, 3.63) is 59.7 Å². The fraction of sp³-hybridized carbons (Fsp3) is 0.167. The maximum Gasteiger partial charge on any atom is 0.130 e. The van der Waals surface area contributed by atoms with E-state index in [4.69, 9.17) is 20.9 Å². The largest absolute Gasteiger partial charge is 0.496 e. The van der Waals surface area contributed by atoms with Crippen LogP contribution in [0.25, 0.3) is 5.70 Å². The van der Waals surface area contributed by atoms with Gasteiger partial charge in [-0.2, -0.15) is 0 Å². The Morgan fingerprint density at radius 1 is 1.26 bits per heavy atom. The van der Waals surface area contributed by atoms with Crippen LogP contribution in [0.2, 0.25) is 0 Å². The predicted octanol–water partition coefficient (Wildman–Crippen LogP) is 2.61. The van der Waals surface area contributed by atoms with Gasteiger partial charge in [-0.1, -0.05) is 18.2 Å². The summed E-state index contributed by atoms with van der Waals surface area (Å²) in [4.78, 5) is 4.57. The summed E-state index contributed by atoms with van der Waals surface area (Å²) in [7, 11) is 1.62. The standard InChI is InChI=1S/C18H19N3O2/c1-22-17-5-3-2-4-15(17)16(20)9-14-11-23-18-8-13(19)7-6-12(18)10-21-14/h2-9H,10-11,19-20H2,1H3. The molecule has 3 rings (SSSR count). The first-order valence-corrected chi connectivity index (χ1v) is 7.32. The maximum absolute atomic E-state index is 6.21. The van der Waals surface area contributed by atoms with Crippen LogP contribution in [0, 0.1) is 0 Å². The molecule has 1 heterocycles. The highest BCUT2D eigenvalue weighted by Crippen LogP contribution is 2.26. The number of anilines is 1. The molecule has 5 heteroatoms. The number of nitrogens with two attached hydrogens (primary N) is 2. The molecule has 0 radical (unpaired) electrons. The first-order chi connectivity index (χ1) is 11.2. The van der Waals surface area contributed by atoms with Crippen LogP contribution in [0.15, 0.2) is 53.5 Å². The van der Waals surface area contributed by atoms with Gasteiger partial charge < -0.3 is 20.9 Å². The smallest absolute Gasteiger partial charge is 0.130 e. The van der Waals surface area contributed by atoms with Crippen molar-refractivity contribution in [2.24, 2.45) is 10.7 Å². The molecule has 0 saturated carbocycles. The number of methoxy groups -OCH3 is 1. The molecule has 1 aliphatic rings. The van der Waals surface area contributed by atoms with E-state index in [9.17, 15) is 0 Å². The molecule has 0 aliphatic carbocycles. The molecule has 0 spiro atoms. The van der Waals surface area contributed by atoms with Crippen LogP contribution in [-0.2, 0) is 6.54 Å². The third-order valence-electron chi connectivity index (χ3n) is 3.66. The molecule has 2 aromatic rings. The van der Waals surface area contributed by atoms with Crippen molar-refractivity contribution in [2.75, 3.05) is 19.5 Å². The van der Waals surface area contributed by atoms with Crippen molar-refractivity contribution in [1.29, 1.82) is 0 Å². The number of fused-ring (bicyclic) bond motifs is 1.